The van der Waals surface area contributed by atoms with Crippen LogP contribution in [-0.2, 0) is 21.9 Å². The summed E-state index contributed by atoms with van der Waals surface area (Å²) in [6, 6.07) is 16.0. The predicted octanol–water partition coefficient (Wildman–Crippen LogP) is 9.51. The molecule has 0 amide bonds. The summed E-state index contributed by atoms with van der Waals surface area (Å²) in [5, 5.41) is 10.3. The van der Waals surface area contributed by atoms with Gasteiger partial charge in [0.25, 0.3) is 0 Å². The van der Waals surface area contributed by atoms with E-state index in [2.05, 4.69) is 21.2 Å². The Morgan fingerprint density at radius 1 is 1.04 bits per heavy atom. The molecule has 236 valence electrons. The van der Waals surface area contributed by atoms with Crippen molar-refractivity contribution in [1.82, 2.24) is 14.8 Å². The van der Waals surface area contributed by atoms with E-state index in [4.69, 9.17) is 59.1 Å². The molecule has 8 nitrogen and oxygen atoms in total. The molecule has 3 aromatic carbocycles. The minimum Gasteiger partial charge on any atom is -0.490 e. The summed E-state index contributed by atoms with van der Waals surface area (Å²) in [6.45, 7) is 6.53. The Morgan fingerprint density at radius 3 is 2.58 bits per heavy atom. The number of rotatable bonds is 12. The fourth-order valence-corrected chi connectivity index (χ4v) is 6.88. The number of carbonyl (C=O) groups is 1. The van der Waals surface area contributed by atoms with Crippen molar-refractivity contribution in [3.63, 3.8) is 0 Å². The zero-order chi connectivity index (χ0) is 32.1. The number of hydrogen-bond acceptors (Lipinski definition) is 8. The van der Waals surface area contributed by atoms with E-state index < -0.39 is 12.0 Å². The fourth-order valence-electron chi connectivity index (χ4n) is 4.73. The quantitative estimate of drug-likeness (QED) is 0.113. The number of esters is 1. The second-order valence-electron chi connectivity index (χ2n) is 10.0. The van der Waals surface area contributed by atoms with Gasteiger partial charge in [-0.3, -0.25) is 0 Å². The highest BCUT2D eigenvalue weighted by Crippen LogP contribution is 2.44. The number of halogens is 4. The number of hydrogen-bond donors (Lipinski definition) is 1. The van der Waals surface area contributed by atoms with Gasteiger partial charge in [-0.15, -0.1) is 5.10 Å². The Bertz CT molecular complexity index is 1750. The van der Waals surface area contributed by atoms with Crippen LogP contribution in [0.2, 0.25) is 15.1 Å². The van der Waals surface area contributed by atoms with Crippen LogP contribution in [0.3, 0.4) is 0 Å². The number of anilines is 1. The molecule has 1 aliphatic rings. The SMILES string of the molecule is CCCOC(=O)C1=C(C)Nc2nc(SCc3ccccc3Cl)nn2C1c1cc(Br)c(OCc2ccc(Cl)cc2Cl)c(OCC)c1. The van der Waals surface area contributed by atoms with Gasteiger partial charge < -0.3 is 19.5 Å². The van der Waals surface area contributed by atoms with Crippen LogP contribution in [-0.4, -0.2) is 33.9 Å². The third-order valence-corrected chi connectivity index (χ3v) is 9.27. The van der Waals surface area contributed by atoms with Gasteiger partial charge in [-0.2, -0.15) is 4.98 Å². The normalized spacial score (nSPS) is 14.2. The molecular formula is C32H30BrCl3N4O4S. The van der Waals surface area contributed by atoms with Gasteiger partial charge in [0, 0.05) is 32.1 Å². The average Bonchev–Trinajstić information content (AvgIpc) is 3.41. The number of nitrogens with zero attached hydrogens (tertiary/aromatic N) is 3. The molecule has 4 aromatic rings. The van der Waals surface area contributed by atoms with Crippen molar-refractivity contribution in [1.29, 1.82) is 0 Å². The maximum atomic E-state index is 13.5. The van der Waals surface area contributed by atoms with Gasteiger partial charge in [-0.05, 0) is 77.7 Å². The van der Waals surface area contributed by atoms with Crippen LogP contribution in [0.5, 0.6) is 11.5 Å². The molecule has 0 fully saturated rings. The molecule has 13 heteroatoms. The van der Waals surface area contributed by atoms with Crippen LogP contribution >= 0.6 is 62.5 Å². The van der Waals surface area contributed by atoms with E-state index in [0.29, 0.717) is 78.8 Å². The van der Waals surface area contributed by atoms with E-state index in [1.165, 1.54) is 11.8 Å². The van der Waals surface area contributed by atoms with E-state index in [1.54, 1.807) is 16.8 Å². The Kier molecular flexibility index (Phi) is 11.3. The number of nitrogens with one attached hydrogen (secondary N) is 1. The molecule has 0 saturated heterocycles. The molecule has 2 heterocycles. The summed E-state index contributed by atoms with van der Waals surface area (Å²) in [4.78, 5) is 18.2. The first-order valence-corrected chi connectivity index (χ1v) is 17.1. The van der Waals surface area contributed by atoms with Crippen LogP contribution < -0.4 is 14.8 Å². The first kappa shape index (κ1) is 33.5. The molecule has 0 aliphatic carbocycles. The van der Waals surface area contributed by atoms with E-state index in [0.717, 1.165) is 16.7 Å². The summed E-state index contributed by atoms with van der Waals surface area (Å²) < 4.78 is 20.2. The topological polar surface area (TPSA) is 87.5 Å². The van der Waals surface area contributed by atoms with Gasteiger partial charge in [0.2, 0.25) is 11.1 Å². The highest BCUT2D eigenvalue weighted by atomic mass is 79.9. The number of aromatic nitrogens is 3. The molecule has 1 atom stereocenters. The lowest BCUT2D eigenvalue weighted by Crippen LogP contribution is -2.30. The van der Waals surface area contributed by atoms with Crippen molar-refractivity contribution >= 4 is 74.4 Å². The van der Waals surface area contributed by atoms with Crippen molar-refractivity contribution < 1.29 is 19.0 Å². The lowest BCUT2D eigenvalue weighted by molar-refractivity contribution is -0.139. The van der Waals surface area contributed by atoms with Crippen molar-refractivity contribution in [2.45, 2.75) is 50.8 Å². The Morgan fingerprint density at radius 2 is 1.84 bits per heavy atom. The van der Waals surface area contributed by atoms with E-state index >= 15 is 0 Å². The predicted molar refractivity (Wildman–Crippen MR) is 183 cm³/mol. The van der Waals surface area contributed by atoms with Crippen LogP contribution in [0.1, 0.15) is 49.9 Å². The van der Waals surface area contributed by atoms with E-state index in [1.807, 2.05) is 63.2 Å². The molecule has 1 N–H and O–H groups in total. The van der Waals surface area contributed by atoms with Crippen LogP contribution in [0.25, 0.3) is 0 Å². The van der Waals surface area contributed by atoms with Crippen LogP contribution in [0, 0.1) is 0 Å². The average molecular weight is 753 g/mol. The molecule has 0 spiro atoms. The Labute approximate surface area is 289 Å². The summed E-state index contributed by atoms with van der Waals surface area (Å²) in [6.07, 6.45) is 0.692. The number of benzene rings is 3. The van der Waals surface area contributed by atoms with Crippen molar-refractivity contribution in [2.75, 3.05) is 18.5 Å². The second kappa shape index (κ2) is 15.1. The molecule has 0 bridgehead atoms. The molecule has 1 aromatic heterocycles. The van der Waals surface area contributed by atoms with Crippen molar-refractivity contribution in [3.8, 4) is 11.5 Å². The first-order valence-electron chi connectivity index (χ1n) is 14.2. The van der Waals surface area contributed by atoms with Gasteiger partial charge in [0.05, 0.1) is 23.3 Å². The fraction of sp³-hybridized carbons (Fsp3) is 0.281. The maximum absolute atomic E-state index is 13.5. The zero-order valence-electron chi connectivity index (χ0n) is 24.7. The van der Waals surface area contributed by atoms with E-state index in [-0.39, 0.29) is 6.61 Å². The number of allylic oxidation sites excluding steroid dienone is 1. The summed E-state index contributed by atoms with van der Waals surface area (Å²) in [5.41, 5.74) is 3.50. The van der Waals surface area contributed by atoms with Gasteiger partial charge >= 0.3 is 5.97 Å². The summed E-state index contributed by atoms with van der Waals surface area (Å²) in [5.74, 6) is 1.61. The minimum atomic E-state index is -0.664. The molecule has 0 saturated carbocycles. The summed E-state index contributed by atoms with van der Waals surface area (Å²) >= 11 is 24.0. The lowest BCUT2D eigenvalue weighted by atomic mass is 9.95. The van der Waals surface area contributed by atoms with Gasteiger partial charge in [-0.1, -0.05) is 77.8 Å². The smallest absolute Gasteiger partial charge is 0.338 e. The minimum absolute atomic E-state index is 0.189. The van der Waals surface area contributed by atoms with Crippen molar-refractivity contribution in [3.05, 3.63) is 102 Å². The first-order chi connectivity index (χ1) is 21.7. The van der Waals surface area contributed by atoms with E-state index in [9.17, 15) is 4.79 Å². The Balaban J connectivity index is 1.53. The number of carbonyl (C=O) groups excluding carboxylic acids is 1. The lowest BCUT2D eigenvalue weighted by Gasteiger charge is -2.29. The van der Waals surface area contributed by atoms with Gasteiger partial charge in [0.1, 0.15) is 12.6 Å². The maximum Gasteiger partial charge on any atom is 0.338 e. The second-order valence-corrected chi connectivity index (χ2v) is 13.1. The highest BCUT2D eigenvalue weighted by Gasteiger charge is 2.36. The molecule has 1 aliphatic heterocycles. The molecule has 45 heavy (non-hydrogen) atoms. The monoisotopic (exact) mass is 750 g/mol. The molecular weight excluding hydrogens is 723 g/mol. The third kappa shape index (κ3) is 7.74. The standard InChI is InChI=1S/C32H30BrCl3N4O4S/c1-4-12-43-30(41)27-18(3)37-31-38-32(45-17-20-8-6-7-9-24(20)35)39-40(31)28(27)21-13-23(33)29(26(14-21)42-5-2)44-16-19-10-11-22(34)15-25(19)36/h6-11,13-15,28H,4-5,12,16-17H2,1-3H3,(H,37,38,39). The largest absolute Gasteiger partial charge is 0.490 e. The Hall–Kier alpha value is -2.89. The number of thioether (sulfide) groups is 1. The highest BCUT2D eigenvalue weighted by molar-refractivity contribution is 9.10. The molecule has 1 unspecified atom stereocenters. The van der Waals surface area contributed by atoms with Gasteiger partial charge in [-0.25, -0.2) is 9.48 Å². The van der Waals surface area contributed by atoms with Crippen molar-refractivity contribution in [2.24, 2.45) is 0 Å². The third-order valence-electron chi connectivity index (χ3n) is 6.84. The number of fused-ring (bicyclic) bond motifs is 1. The zero-order valence-corrected chi connectivity index (χ0v) is 29.4. The van der Waals surface area contributed by atoms with Crippen LogP contribution in [0.15, 0.2) is 75.5 Å². The van der Waals surface area contributed by atoms with Gasteiger partial charge in [0.15, 0.2) is 11.5 Å². The number of ether oxygens (including phenoxy) is 3. The van der Waals surface area contributed by atoms with Crippen LogP contribution in [0.4, 0.5) is 5.95 Å². The molecule has 0 radical (unpaired) electrons. The molecule has 5 rings (SSSR count). The summed E-state index contributed by atoms with van der Waals surface area (Å²) in [7, 11) is 0.